The second-order valence-corrected chi connectivity index (χ2v) is 7.56. The fourth-order valence-corrected chi connectivity index (χ4v) is 3.37. The fourth-order valence-electron chi connectivity index (χ4n) is 3.37. The van der Waals surface area contributed by atoms with Crippen LogP contribution >= 0.6 is 0 Å². The predicted molar refractivity (Wildman–Crippen MR) is 113 cm³/mol. The van der Waals surface area contributed by atoms with Crippen LogP contribution in [0.25, 0.3) is 0 Å². The van der Waals surface area contributed by atoms with Gasteiger partial charge in [-0.15, -0.1) is 0 Å². The van der Waals surface area contributed by atoms with Crippen molar-refractivity contribution in [2.45, 2.75) is 78.1 Å². The van der Waals surface area contributed by atoms with Crippen LogP contribution in [0.1, 0.15) is 86.7 Å². The zero-order valence-electron chi connectivity index (χ0n) is 17.6. The van der Waals surface area contributed by atoms with E-state index in [0.717, 1.165) is 37.7 Å². The minimum atomic E-state index is -1.10. The van der Waals surface area contributed by atoms with Gasteiger partial charge in [-0.05, 0) is 48.6 Å². The lowest BCUT2D eigenvalue weighted by Gasteiger charge is -2.10. The molecule has 0 radical (unpaired) electrons. The van der Waals surface area contributed by atoms with Crippen molar-refractivity contribution in [1.82, 2.24) is 0 Å². The van der Waals surface area contributed by atoms with Crippen molar-refractivity contribution in [3.8, 4) is 5.75 Å². The standard InChI is InChI=1S/C25H32F2O2/c1-3-5-6-7-8-9-10-12-20-17-18-22(24(27)23(20)26)29-25(28)21-15-13-19(11-4-2)14-16-21/h13-18H,3-12H2,1-2H3. The van der Waals surface area contributed by atoms with Crippen LogP contribution in [-0.2, 0) is 12.8 Å². The second-order valence-electron chi connectivity index (χ2n) is 7.56. The minimum Gasteiger partial charge on any atom is -0.420 e. The molecular formula is C25H32F2O2. The molecule has 0 aliphatic rings. The number of aryl methyl sites for hydroxylation is 2. The first-order valence-corrected chi connectivity index (χ1v) is 10.8. The van der Waals surface area contributed by atoms with Crippen LogP contribution in [0.3, 0.4) is 0 Å². The van der Waals surface area contributed by atoms with Gasteiger partial charge in [0, 0.05) is 0 Å². The van der Waals surface area contributed by atoms with Crippen LogP contribution in [0, 0.1) is 11.6 Å². The highest BCUT2D eigenvalue weighted by molar-refractivity contribution is 5.91. The van der Waals surface area contributed by atoms with Gasteiger partial charge >= 0.3 is 5.97 Å². The highest BCUT2D eigenvalue weighted by Crippen LogP contribution is 2.25. The van der Waals surface area contributed by atoms with Gasteiger partial charge < -0.3 is 4.74 Å². The highest BCUT2D eigenvalue weighted by atomic mass is 19.2. The van der Waals surface area contributed by atoms with Gasteiger partial charge in [-0.2, -0.15) is 4.39 Å². The van der Waals surface area contributed by atoms with Crippen LogP contribution in [-0.4, -0.2) is 5.97 Å². The maximum atomic E-state index is 14.4. The average molecular weight is 403 g/mol. The monoisotopic (exact) mass is 402 g/mol. The molecule has 0 fully saturated rings. The lowest BCUT2D eigenvalue weighted by atomic mass is 10.0. The summed E-state index contributed by atoms with van der Waals surface area (Å²) in [5, 5.41) is 0. The summed E-state index contributed by atoms with van der Waals surface area (Å²) in [4.78, 5) is 12.2. The van der Waals surface area contributed by atoms with Gasteiger partial charge in [0.15, 0.2) is 11.6 Å². The van der Waals surface area contributed by atoms with E-state index in [1.807, 2.05) is 12.1 Å². The molecule has 2 rings (SSSR count). The van der Waals surface area contributed by atoms with Crippen molar-refractivity contribution in [1.29, 1.82) is 0 Å². The number of carbonyl (C=O) groups is 1. The summed E-state index contributed by atoms with van der Waals surface area (Å²) in [6, 6.07) is 9.86. The maximum Gasteiger partial charge on any atom is 0.343 e. The summed E-state index contributed by atoms with van der Waals surface area (Å²) in [5.41, 5.74) is 1.77. The van der Waals surface area contributed by atoms with Crippen LogP contribution in [0.2, 0.25) is 0 Å². The van der Waals surface area contributed by atoms with Crippen molar-refractivity contribution in [2.24, 2.45) is 0 Å². The Morgan fingerprint density at radius 2 is 1.41 bits per heavy atom. The molecule has 0 unspecified atom stereocenters. The number of rotatable bonds is 12. The van der Waals surface area contributed by atoms with Gasteiger partial charge in [-0.1, -0.05) is 77.0 Å². The molecule has 0 aliphatic carbocycles. The van der Waals surface area contributed by atoms with E-state index >= 15 is 0 Å². The molecule has 4 heteroatoms. The third-order valence-electron chi connectivity index (χ3n) is 5.11. The molecule has 0 N–H and O–H groups in total. The Hall–Kier alpha value is -2.23. The van der Waals surface area contributed by atoms with Gasteiger partial charge in [0.1, 0.15) is 0 Å². The Kier molecular flexibility index (Phi) is 9.82. The lowest BCUT2D eigenvalue weighted by Crippen LogP contribution is -2.10. The summed E-state index contributed by atoms with van der Waals surface area (Å²) in [6.07, 6.45) is 10.3. The molecule has 29 heavy (non-hydrogen) atoms. The summed E-state index contributed by atoms with van der Waals surface area (Å²) >= 11 is 0. The van der Waals surface area contributed by atoms with Gasteiger partial charge in [0.2, 0.25) is 5.82 Å². The Bertz CT molecular complexity index is 769. The zero-order chi connectivity index (χ0) is 21.1. The molecular weight excluding hydrogens is 370 g/mol. The van der Waals surface area contributed by atoms with Crippen molar-refractivity contribution in [2.75, 3.05) is 0 Å². The Morgan fingerprint density at radius 1 is 0.759 bits per heavy atom. The normalized spacial score (nSPS) is 10.9. The van der Waals surface area contributed by atoms with Crippen molar-refractivity contribution >= 4 is 5.97 Å². The molecule has 0 atom stereocenters. The Labute approximate surface area is 173 Å². The van der Waals surface area contributed by atoms with E-state index < -0.39 is 17.6 Å². The van der Waals surface area contributed by atoms with Crippen molar-refractivity contribution < 1.29 is 18.3 Å². The minimum absolute atomic E-state index is 0.316. The smallest absolute Gasteiger partial charge is 0.343 e. The van der Waals surface area contributed by atoms with E-state index in [4.69, 9.17) is 4.74 Å². The van der Waals surface area contributed by atoms with E-state index in [0.29, 0.717) is 17.5 Å². The third kappa shape index (κ3) is 7.26. The molecule has 0 amide bonds. The van der Waals surface area contributed by atoms with Crippen LogP contribution in [0.5, 0.6) is 5.75 Å². The Balaban J connectivity index is 1.90. The summed E-state index contributed by atoms with van der Waals surface area (Å²) < 4.78 is 33.8. The molecule has 2 aromatic carbocycles. The molecule has 0 saturated carbocycles. The van der Waals surface area contributed by atoms with Crippen LogP contribution in [0.4, 0.5) is 8.78 Å². The predicted octanol–water partition coefficient (Wildman–Crippen LogP) is 7.43. The van der Waals surface area contributed by atoms with E-state index in [1.54, 1.807) is 12.1 Å². The molecule has 0 spiro atoms. The first kappa shape index (κ1) is 23.1. The van der Waals surface area contributed by atoms with E-state index in [1.165, 1.54) is 37.8 Å². The maximum absolute atomic E-state index is 14.4. The third-order valence-corrected chi connectivity index (χ3v) is 5.11. The number of carbonyl (C=O) groups excluding carboxylic acids is 1. The lowest BCUT2D eigenvalue weighted by molar-refractivity contribution is 0.0726. The van der Waals surface area contributed by atoms with Crippen molar-refractivity contribution in [3.63, 3.8) is 0 Å². The number of esters is 1. The van der Waals surface area contributed by atoms with E-state index in [-0.39, 0.29) is 5.75 Å². The first-order valence-electron chi connectivity index (χ1n) is 10.8. The van der Waals surface area contributed by atoms with Crippen LogP contribution in [0.15, 0.2) is 36.4 Å². The first-order chi connectivity index (χ1) is 14.1. The van der Waals surface area contributed by atoms with Gasteiger partial charge in [-0.25, -0.2) is 9.18 Å². The number of ether oxygens (including phenoxy) is 1. The molecule has 2 aromatic rings. The second kappa shape index (κ2) is 12.4. The largest absolute Gasteiger partial charge is 0.420 e. The summed E-state index contributed by atoms with van der Waals surface area (Å²) in [7, 11) is 0. The number of hydrogen-bond acceptors (Lipinski definition) is 2. The average Bonchev–Trinajstić information content (AvgIpc) is 2.73. The zero-order valence-corrected chi connectivity index (χ0v) is 17.6. The number of unbranched alkanes of at least 4 members (excludes halogenated alkanes) is 6. The summed E-state index contributed by atoms with van der Waals surface area (Å²) in [5.74, 6) is -3.07. The van der Waals surface area contributed by atoms with E-state index in [2.05, 4.69) is 13.8 Å². The SMILES string of the molecule is CCCCCCCCCc1ccc(OC(=O)c2ccc(CCC)cc2)c(F)c1F. The molecule has 2 nitrogen and oxygen atoms in total. The molecule has 0 heterocycles. The number of benzene rings is 2. The molecule has 0 saturated heterocycles. The van der Waals surface area contributed by atoms with Gasteiger partial charge in [-0.3, -0.25) is 0 Å². The van der Waals surface area contributed by atoms with Crippen molar-refractivity contribution in [3.05, 3.63) is 64.7 Å². The van der Waals surface area contributed by atoms with Crippen LogP contribution < -0.4 is 4.74 Å². The van der Waals surface area contributed by atoms with Gasteiger partial charge in [0.05, 0.1) is 5.56 Å². The topological polar surface area (TPSA) is 26.3 Å². The number of halogens is 2. The molecule has 0 bridgehead atoms. The molecule has 0 aromatic heterocycles. The fraction of sp³-hybridized carbons (Fsp3) is 0.480. The number of hydrogen-bond donors (Lipinski definition) is 0. The summed E-state index contributed by atoms with van der Waals surface area (Å²) in [6.45, 7) is 4.26. The van der Waals surface area contributed by atoms with E-state index in [9.17, 15) is 13.6 Å². The quantitative estimate of drug-likeness (QED) is 0.210. The van der Waals surface area contributed by atoms with Gasteiger partial charge in [0.25, 0.3) is 0 Å². The molecule has 158 valence electrons. The highest BCUT2D eigenvalue weighted by Gasteiger charge is 2.18. The molecule has 0 aliphatic heterocycles. The Morgan fingerprint density at radius 3 is 2.07 bits per heavy atom.